The summed E-state index contributed by atoms with van der Waals surface area (Å²) in [6, 6.07) is 4.08. The molecule has 1 N–H and O–H groups in total. The molecule has 0 saturated carbocycles. The van der Waals surface area contributed by atoms with Crippen LogP contribution in [0.3, 0.4) is 0 Å². The minimum absolute atomic E-state index is 0.247. The van der Waals surface area contributed by atoms with Crippen molar-refractivity contribution in [1.29, 1.82) is 0 Å². The molecule has 0 spiro atoms. The Morgan fingerprint density at radius 1 is 1.38 bits per heavy atom. The quantitative estimate of drug-likeness (QED) is 0.860. The van der Waals surface area contributed by atoms with Gasteiger partial charge in [-0.3, -0.25) is 0 Å². The fraction of sp³-hybridized carbons (Fsp3) is 0.467. The number of rotatable bonds is 6. The number of ether oxygens (including phenoxy) is 1. The Morgan fingerprint density at radius 2 is 2.14 bits per heavy atom. The molecule has 0 aliphatic rings. The molecule has 0 saturated heterocycles. The van der Waals surface area contributed by atoms with Crippen molar-refractivity contribution in [2.45, 2.75) is 39.8 Å². The van der Waals surface area contributed by atoms with Crippen LogP contribution in [0, 0.1) is 6.92 Å². The maximum Gasteiger partial charge on any atom is 0.264 e. The van der Waals surface area contributed by atoms with E-state index in [4.69, 9.17) is 9.26 Å². The van der Waals surface area contributed by atoms with Crippen LogP contribution >= 0.6 is 15.9 Å². The fourth-order valence-electron chi connectivity index (χ4n) is 2.02. The molecule has 0 unspecified atom stereocenters. The average Bonchev–Trinajstić information content (AvgIpc) is 2.87. The molecule has 0 aliphatic heterocycles. The molecule has 0 aliphatic carbocycles. The molecule has 114 valence electrons. The summed E-state index contributed by atoms with van der Waals surface area (Å²) in [5.41, 5.74) is 2.16. The largest absolute Gasteiger partial charge is 0.483 e. The Hall–Kier alpha value is -1.40. The average molecular weight is 354 g/mol. The van der Waals surface area contributed by atoms with Crippen molar-refractivity contribution >= 4 is 15.9 Å². The summed E-state index contributed by atoms with van der Waals surface area (Å²) >= 11 is 3.51. The Labute approximate surface area is 133 Å². The number of aryl methyl sites for hydroxylation is 1. The Bertz CT molecular complexity index is 611. The second kappa shape index (κ2) is 7.04. The highest BCUT2D eigenvalue weighted by Gasteiger charge is 2.13. The van der Waals surface area contributed by atoms with Crippen LogP contribution in [0.5, 0.6) is 5.75 Å². The predicted molar refractivity (Wildman–Crippen MR) is 84.4 cm³/mol. The van der Waals surface area contributed by atoms with E-state index >= 15 is 0 Å². The van der Waals surface area contributed by atoms with Gasteiger partial charge >= 0.3 is 0 Å². The summed E-state index contributed by atoms with van der Waals surface area (Å²) in [6.07, 6.45) is 0. The predicted octanol–water partition coefficient (Wildman–Crippen LogP) is 3.56. The van der Waals surface area contributed by atoms with Gasteiger partial charge in [0.1, 0.15) is 5.75 Å². The number of nitrogens with one attached hydrogen (secondary N) is 1. The molecule has 2 aromatic rings. The maximum atomic E-state index is 5.90. The first-order valence-corrected chi connectivity index (χ1v) is 7.69. The van der Waals surface area contributed by atoms with Gasteiger partial charge in [-0.25, -0.2) is 0 Å². The molecule has 2 rings (SSSR count). The molecule has 0 atom stereocenters. The van der Waals surface area contributed by atoms with Gasteiger partial charge < -0.3 is 14.6 Å². The SMILES string of the molecule is CNCc1cc(Br)cc(C)c1OCc1nc(C(C)C)no1. The van der Waals surface area contributed by atoms with E-state index in [9.17, 15) is 0 Å². The van der Waals surface area contributed by atoms with Gasteiger partial charge in [-0.15, -0.1) is 0 Å². The number of nitrogens with zero attached hydrogens (tertiary/aromatic N) is 2. The topological polar surface area (TPSA) is 60.2 Å². The van der Waals surface area contributed by atoms with Crippen LogP contribution in [-0.2, 0) is 13.2 Å². The number of hydrogen-bond acceptors (Lipinski definition) is 5. The van der Waals surface area contributed by atoms with Crippen LogP contribution < -0.4 is 10.1 Å². The highest BCUT2D eigenvalue weighted by atomic mass is 79.9. The van der Waals surface area contributed by atoms with Crippen molar-refractivity contribution in [3.63, 3.8) is 0 Å². The summed E-state index contributed by atoms with van der Waals surface area (Å²) in [7, 11) is 1.91. The zero-order chi connectivity index (χ0) is 15.4. The number of benzene rings is 1. The van der Waals surface area contributed by atoms with Gasteiger partial charge in [-0.1, -0.05) is 34.9 Å². The van der Waals surface area contributed by atoms with Gasteiger partial charge in [0.05, 0.1) is 0 Å². The minimum atomic E-state index is 0.247. The third-order valence-corrected chi connectivity index (χ3v) is 3.48. The van der Waals surface area contributed by atoms with Crippen molar-refractivity contribution < 1.29 is 9.26 Å². The van der Waals surface area contributed by atoms with Crippen LogP contribution in [0.1, 0.15) is 42.6 Å². The minimum Gasteiger partial charge on any atom is -0.483 e. The highest BCUT2D eigenvalue weighted by Crippen LogP contribution is 2.28. The van der Waals surface area contributed by atoms with Crippen LogP contribution in [-0.4, -0.2) is 17.2 Å². The van der Waals surface area contributed by atoms with Gasteiger partial charge in [0.15, 0.2) is 12.4 Å². The molecule has 5 nitrogen and oxygen atoms in total. The lowest BCUT2D eigenvalue weighted by molar-refractivity contribution is 0.239. The van der Waals surface area contributed by atoms with Crippen molar-refractivity contribution in [3.05, 3.63) is 39.4 Å². The van der Waals surface area contributed by atoms with E-state index in [1.807, 2.05) is 40.0 Å². The normalized spacial score (nSPS) is 11.1. The van der Waals surface area contributed by atoms with Gasteiger partial charge in [0.25, 0.3) is 5.89 Å². The monoisotopic (exact) mass is 353 g/mol. The van der Waals surface area contributed by atoms with E-state index in [0.29, 0.717) is 11.7 Å². The lowest BCUT2D eigenvalue weighted by atomic mass is 10.1. The lowest BCUT2D eigenvalue weighted by Gasteiger charge is -2.13. The third-order valence-electron chi connectivity index (χ3n) is 3.02. The molecule has 0 radical (unpaired) electrons. The number of halogens is 1. The number of hydrogen-bond donors (Lipinski definition) is 1. The Morgan fingerprint density at radius 3 is 2.76 bits per heavy atom. The number of aromatic nitrogens is 2. The van der Waals surface area contributed by atoms with E-state index in [-0.39, 0.29) is 12.5 Å². The molecule has 1 aromatic carbocycles. The summed E-state index contributed by atoms with van der Waals surface area (Å²) in [6.45, 7) is 7.08. The Kier molecular flexibility index (Phi) is 5.36. The Balaban J connectivity index is 2.14. The standard InChI is InChI=1S/C15H20BrN3O2/c1-9(2)15-18-13(21-19-15)8-20-14-10(3)5-12(16)6-11(14)7-17-4/h5-6,9,17H,7-8H2,1-4H3. The van der Waals surface area contributed by atoms with E-state index in [1.165, 1.54) is 0 Å². The zero-order valence-corrected chi connectivity index (χ0v) is 14.3. The summed E-state index contributed by atoms with van der Waals surface area (Å²) in [4.78, 5) is 4.32. The summed E-state index contributed by atoms with van der Waals surface area (Å²) in [5, 5.41) is 7.08. The van der Waals surface area contributed by atoms with E-state index in [1.54, 1.807) is 0 Å². The molecule has 0 amide bonds. The lowest BCUT2D eigenvalue weighted by Crippen LogP contribution is -2.09. The van der Waals surface area contributed by atoms with Gasteiger partial charge in [-0.2, -0.15) is 4.98 Å². The first kappa shape index (κ1) is 16.0. The van der Waals surface area contributed by atoms with Gasteiger partial charge in [0.2, 0.25) is 0 Å². The van der Waals surface area contributed by atoms with Gasteiger partial charge in [-0.05, 0) is 31.7 Å². The second-order valence-electron chi connectivity index (χ2n) is 5.23. The maximum absolute atomic E-state index is 5.90. The zero-order valence-electron chi connectivity index (χ0n) is 12.7. The summed E-state index contributed by atoms with van der Waals surface area (Å²) < 4.78 is 12.1. The molecule has 1 heterocycles. The van der Waals surface area contributed by atoms with Crippen molar-refractivity contribution in [2.24, 2.45) is 0 Å². The van der Waals surface area contributed by atoms with Crippen molar-refractivity contribution in [2.75, 3.05) is 7.05 Å². The molecule has 0 bridgehead atoms. The molecule has 6 heteroatoms. The first-order valence-electron chi connectivity index (χ1n) is 6.90. The van der Waals surface area contributed by atoms with E-state index in [0.717, 1.165) is 27.9 Å². The molecular weight excluding hydrogens is 334 g/mol. The first-order chi connectivity index (χ1) is 10.0. The smallest absolute Gasteiger partial charge is 0.264 e. The summed E-state index contributed by atoms with van der Waals surface area (Å²) in [5.74, 6) is 2.31. The fourth-order valence-corrected chi connectivity index (χ4v) is 2.64. The highest BCUT2D eigenvalue weighted by molar-refractivity contribution is 9.10. The third kappa shape index (κ3) is 4.04. The van der Waals surface area contributed by atoms with E-state index < -0.39 is 0 Å². The van der Waals surface area contributed by atoms with Crippen molar-refractivity contribution in [3.8, 4) is 5.75 Å². The van der Waals surface area contributed by atoms with Crippen LogP contribution in [0.4, 0.5) is 0 Å². The van der Waals surface area contributed by atoms with Crippen LogP contribution in [0.25, 0.3) is 0 Å². The van der Waals surface area contributed by atoms with Gasteiger partial charge in [0, 0.05) is 22.5 Å². The van der Waals surface area contributed by atoms with Crippen molar-refractivity contribution in [1.82, 2.24) is 15.5 Å². The molecule has 0 fully saturated rings. The second-order valence-corrected chi connectivity index (χ2v) is 6.15. The van der Waals surface area contributed by atoms with Crippen LogP contribution in [0.2, 0.25) is 0 Å². The van der Waals surface area contributed by atoms with Crippen LogP contribution in [0.15, 0.2) is 21.1 Å². The molecule has 21 heavy (non-hydrogen) atoms. The van der Waals surface area contributed by atoms with E-state index in [2.05, 4.69) is 31.4 Å². The molecule has 1 aromatic heterocycles. The molecular formula is C15H20BrN3O2.